The molecule has 0 fully saturated rings. The van der Waals surface area contributed by atoms with Crippen molar-refractivity contribution in [2.45, 2.75) is 6.92 Å². The van der Waals surface area contributed by atoms with Crippen molar-refractivity contribution in [3.8, 4) is 0 Å². The number of carbonyl (C=O) groups excluding carboxylic acids is 2. The molecule has 9 heteroatoms. The second-order valence-electron chi connectivity index (χ2n) is 4.16. The Balaban J connectivity index is 2.32. The number of nitrogens with zero attached hydrogens (tertiary/aromatic N) is 3. The average molecular weight is 372 g/mol. The van der Waals surface area contributed by atoms with Gasteiger partial charge >= 0.3 is 5.97 Å². The highest BCUT2D eigenvalue weighted by Crippen LogP contribution is 2.21. The van der Waals surface area contributed by atoms with Crippen LogP contribution < -0.4 is 0 Å². The number of hydrogen-bond acceptors (Lipinski definition) is 7. The minimum Gasteiger partial charge on any atom is -0.465 e. The first-order valence-electron chi connectivity index (χ1n) is 6.49. The molecule has 1 atom stereocenters. The fraction of sp³-hybridized carbons (Fsp3) is 0.214. The summed E-state index contributed by atoms with van der Waals surface area (Å²) in [7, 11) is 0. The van der Waals surface area contributed by atoms with Gasteiger partial charge in [-0.25, -0.2) is 15.0 Å². The largest absolute Gasteiger partial charge is 0.465 e. The molecule has 1 unspecified atom stereocenters. The van der Waals surface area contributed by atoms with Crippen molar-refractivity contribution in [2.75, 3.05) is 6.61 Å². The monoisotopic (exact) mass is 371 g/mol. The molecule has 0 saturated carbocycles. The third kappa shape index (κ3) is 4.57. The van der Waals surface area contributed by atoms with Crippen molar-refractivity contribution >= 4 is 57.6 Å². The van der Waals surface area contributed by atoms with E-state index in [-0.39, 0.29) is 22.5 Å². The summed E-state index contributed by atoms with van der Waals surface area (Å²) >= 11 is 12.9. The van der Waals surface area contributed by atoms with Crippen molar-refractivity contribution in [1.82, 2.24) is 9.97 Å². The highest BCUT2D eigenvalue weighted by molar-refractivity contribution is 7.13. The number of ketones is 1. The molecule has 0 spiro atoms. The zero-order valence-electron chi connectivity index (χ0n) is 11.9. The number of halogens is 2. The number of Topliss-reactive ketones (excluding diaryl/α,β-unsaturated/α-hetero) is 1. The van der Waals surface area contributed by atoms with Crippen LogP contribution in [0.2, 0.25) is 10.3 Å². The quantitative estimate of drug-likeness (QED) is 0.254. The molecule has 2 aromatic rings. The van der Waals surface area contributed by atoms with E-state index in [0.717, 1.165) is 0 Å². The van der Waals surface area contributed by atoms with Crippen molar-refractivity contribution in [3.05, 3.63) is 39.6 Å². The summed E-state index contributed by atoms with van der Waals surface area (Å²) in [5.74, 6) is -2.53. The Morgan fingerprint density at radius 1 is 1.43 bits per heavy atom. The number of aromatic nitrogens is 2. The number of thiazole rings is 1. The van der Waals surface area contributed by atoms with E-state index in [0.29, 0.717) is 5.13 Å². The predicted octanol–water partition coefficient (Wildman–Crippen LogP) is 3.61. The molecule has 0 aromatic carbocycles. The molecule has 0 saturated heterocycles. The van der Waals surface area contributed by atoms with E-state index in [4.69, 9.17) is 27.9 Å². The van der Waals surface area contributed by atoms with Gasteiger partial charge in [-0.3, -0.25) is 9.59 Å². The van der Waals surface area contributed by atoms with Gasteiger partial charge in [0.2, 0.25) is 5.13 Å². The molecular weight excluding hydrogens is 361 g/mol. The lowest BCUT2D eigenvalue weighted by molar-refractivity contribution is -0.143. The van der Waals surface area contributed by atoms with Crippen molar-refractivity contribution in [3.63, 3.8) is 0 Å². The summed E-state index contributed by atoms with van der Waals surface area (Å²) in [6, 6.07) is 2.82. The number of ether oxygens (including phenoxy) is 1. The Hall–Kier alpha value is -1.83. The predicted molar refractivity (Wildman–Crippen MR) is 89.0 cm³/mol. The first-order chi connectivity index (χ1) is 11.0. The van der Waals surface area contributed by atoms with Crippen molar-refractivity contribution in [1.29, 1.82) is 0 Å². The molecule has 2 heterocycles. The number of carbonyl (C=O) groups is 2. The normalized spacial score (nSPS) is 12.3. The highest BCUT2D eigenvalue weighted by atomic mass is 35.5. The molecule has 0 bridgehead atoms. The lowest BCUT2D eigenvalue weighted by atomic mass is 10.00. The Labute approximate surface area is 146 Å². The Morgan fingerprint density at radius 2 is 2.22 bits per heavy atom. The minimum atomic E-state index is -1.24. The molecule has 0 N–H and O–H groups in total. The zero-order chi connectivity index (χ0) is 16.8. The Kier molecular flexibility index (Phi) is 6.20. The number of esters is 1. The first-order valence-corrected chi connectivity index (χ1v) is 8.13. The SMILES string of the molecule is CCOC(=O)C(C=Nc1nccs1)C(=O)c1ccc(Cl)nc1Cl. The topological polar surface area (TPSA) is 81.5 Å². The highest BCUT2D eigenvalue weighted by Gasteiger charge is 2.29. The van der Waals surface area contributed by atoms with Gasteiger partial charge in [0.05, 0.1) is 12.2 Å². The van der Waals surface area contributed by atoms with E-state index < -0.39 is 17.7 Å². The van der Waals surface area contributed by atoms with Crippen LogP contribution in [0.25, 0.3) is 0 Å². The second kappa shape index (κ2) is 8.14. The smallest absolute Gasteiger partial charge is 0.322 e. The molecule has 0 aliphatic heterocycles. The van der Waals surface area contributed by atoms with Crippen LogP contribution in [0.15, 0.2) is 28.7 Å². The van der Waals surface area contributed by atoms with Crippen LogP contribution in [0.4, 0.5) is 5.13 Å². The van der Waals surface area contributed by atoms with E-state index in [9.17, 15) is 9.59 Å². The van der Waals surface area contributed by atoms with Gasteiger partial charge in [0.15, 0.2) is 11.7 Å². The van der Waals surface area contributed by atoms with Crippen LogP contribution in [0.1, 0.15) is 17.3 Å². The summed E-state index contributed by atoms with van der Waals surface area (Å²) in [5, 5.41) is 2.22. The summed E-state index contributed by atoms with van der Waals surface area (Å²) in [5.41, 5.74) is 0.0692. The maximum Gasteiger partial charge on any atom is 0.322 e. The van der Waals surface area contributed by atoms with Gasteiger partial charge < -0.3 is 4.74 Å². The van der Waals surface area contributed by atoms with E-state index in [1.54, 1.807) is 18.5 Å². The summed E-state index contributed by atoms with van der Waals surface area (Å²) < 4.78 is 4.92. The van der Waals surface area contributed by atoms with Gasteiger partial charge in [-0.1, -0.05) is 23.2 Å². The van der Waals surface area contributed by atoms with Gasteiger partial charge in [-0.2, -0.15) is 0 Å². The zero-order valence-corrected chi connectivity index (χ0v) is 14.2. The van der Waals surface area contributed by atoms with Gasteiger partial charge in [-0.05, 0) is 19.1 Å². The molecule has 6 nitrogen and oxygen atoms in total. The maximum atomic E-state index is 12.6. The van der Waals surface area contributed by atoms with Gasteiger partial charge in [0.25, 0.3) is 0 Å². The van der Waals surface area contributed by atoms with Crippen LogP contribution in [0, 0.1) is 5.92 Å². The summed E-state index contributed by atoms with van der Waals surface area (Å²) in [4.78, 5) is 36.4. The molecular formula is C14H11Cl2N3O3S. The Bertz CT molecular complexity index is 735. The molecule has 2 rings (SSSR count). The van der Waals surface area contributed by atoms with E-state index in [1.165, 1.54) is 29.7 Å². The minimum absolute atomic E-state index is 0.0692. The average Bonchev–Trinajstić information content (AvgIpc) is 3.01. The van der Waals surface area contributed by atoms with Crippen LogP contribution in [-0.4, -0.2) is 34.5 Å². The van der Waals surface area contributed by atoms with E-state index in [2.05, 4.69) is 15.0 Å². The standard InChI is InChI=1S/C14H11Cl2N3O3S/c1-2-22-13(21)9(7-18-14-17-5-6-23-14)11(20)8-3-4-10(15)19-12(8)16/h3-7,9H,2H2,1H3. The number of rotatable bonds is 6. The van der Waals surface area contributed by atoms with Crippen molar-refractivity contribution < 1.29 is 14.3 Å². The fourth-order valence-corrected chi connectivity index (χ4v) is 2.57. The molecule has 23 heavy (non-hydrogen) atoms. The number of pyridine rings is 1. The molecule has 0 aliphatic carbocycles. The van der Waals surface area contributed by atoms with Crippen LogP contribution >= 0.6 is 34.5 Å². The molecule has 0 amide bonds. The van der Waals surface area contributed by atoms with Gasteiger partial charge in [0, 0.05) is 17.8 Å². The van der Waals surface area contributed by atoms with Gasteiger partial charge in [-0.15, -0.1) is 11.3 Å². The molecule has 0 aliphatic rings. The third-order valence-electron chi connectivity index (χ3n) is 2.66. The molecule has 120 valence electrons. The third-order valence-corrected chi connectivity index (χ3v) is 3.83. The number of aliphatic imine (C=N–C) groups is 1. The first kappa shape index (κ1) is 17.5. The lowest BCUT2D eigenvalue weighted by Gasteiger charge is -2.11. The van der Waals surface area contributed by atoms with Crippen LogP contribution in [0.3, 0.4) is 0 Å². The molecule has 2 aromatic heterocycles. The summed E-state index contributed by atoms with van der Waals surface area (Å²) in [6.07, 6.45) is 2.77. The summed E-state index contributed by atoms with van der Waals surface area (Å²) in [6.45, 7) is 1.79. The lowest BCUT2D eigenvalue weighted by Crippen LogP contribution is -2.28. The van der Waals surface area contributed by atoms with Crippen molar-refractivity contribution in [2.24, 2.45) is 10.9 Å². The van der Waals surface area contributed by atoms with E-state index >= 15 is 0 Å². The van der Waals surface area contributed by atoms with Crippen LogP contribution in [0.5, 0.6) is 0 Å². The van der Waals surface area contributed by atoms with Crippen LogP contribution in [-0.2, 0) is 9.53 Å². The van der Waals surface area contributed by atoms with Gasteiger partial charge in [0.1, 0.15) is 10.3 Å². The fourth-order valence-electron chi connectivity index (χ4n) is 1.65. The molecule has 0 radical (unpaired) electrons. The Morgan fingerprint density at radius 3 is 2.83 bits per heavy atom. The number of hydrogen-bond donors (Lipinski definition) is 0. The van der Waals surface area contributed by atoms with E-state index in [1.807, 2.05) is 0 Å². The second-order valence-corrected chi connectivity index (χ2v) is 5.78. The maximum absolute atomic E-state index is 12.6.